The van der Waals surface area contributed by atoms with Gasteiger partial charge in [-0.05, 0) is 37.1 Å². The minimum absolute atomic E-state index is 0.0824. The van der Waals surface area contributed by atoms with E-state index in [0.29, 0.717) is 24.0 Å². The summed E-state index contributed by atoms with van der Waals surface area (Å²) in [5, 5.41) is 3.95. The lowest BCUT2D eigenvalue weighted by atomic mass is 10.2. The van der Waals surface area contributed by atoms with Crippen LogP contribution in [0.2, 0.25) is 0 Å². The second kappa shape index (κ2) is 6.55. The lowest BCUT2D eigenvalue weighted by Gasteiger charge is -2.07. The van der Waals surface area contributed by atoms with Crippen LogP contribution in [0.15, 0.2) is 33.7 Å². The van der Waals surface area contributed by atoms with Gasteiger partial charge in [-0.15, -0.1) is 11.8 Å². The van der Waals surface area contributed by atoms with Crippen molar-refractivity contribution in [2.75, 3.05) is 6.54 Å². The molecule has 0 spiro atoms. The number of thioether (sulfide) groups is 1. The molecule has 1 aromatic carbocycles. The lowest BCUT2D eigenvalue weighted by Crippen LogP contribution is -2.18. The Morgan fingerprint density at radius 1 is 1.29 bits per heavy atom. The maximum Gasteiger partial charge on any atom is 0.255 e. The standard InChI is InChI=1S/C14H16FN3O2S/c15-9-1-4-11(5-2-9)21-8-13-17-14(20-18-13)12-6-3-10(7-16)19-12/h1-2,4-5,10,12H,3,6-8,16H2. The third kappa shape index (κ3) is 3.61. The normalized spacial score (nSPS) is 21.8. The molecular formula is C14H16FN3O2S. The molecule has 2 unspecified atom stereocenters. The van der Waals surface area contributed by atoms with Crippen molar-refractivity contribution in [3.05, 3.63) is 41.8 Å². The van der Waals surface area contributed by atoms with Crippen LogP contribution in [0.25, 0.3) is 0 Å². The van der Waals surface area contributed by atoms with Gasteiger partial charge in [0.1, 0.15) is 11.9 Å². The van der Waals surface area contributed by atoms with Gasteiger partial charge in [0.2, 0.25) is 0 Å². The molecule has 2 heterocycles. The second-order valence-electron chi connectivity index (χ2n) is 4.85. The number of nitrogens with two attached hydrogens (primary N) is 1. The van der Waals surface area contributed by atoms with Crippen LogP contribution >= 0.6 is 11.8 Å². The Hall–Kier alpha value is -1.44. The van der Waals surface area contributed by atoms with Gasteiger partial charge >= 0.3 is 0 Å². The summed E-state index contributed by atoms with van der Waals surface area (Å²) in [5.41, 5.74) is 5.58. The number of halogens is 1. The summed E-state index contributed by atoms with van der Waals surface area (Å²) in [7, 11) is 0. The van der Waals surface area contributed by atoms with Crippen molar-refractivity contribution >= 4 is 11.8 Å². The number of aromatic nitrogens is 2. The molecule has 21 heavy (non-hydrogen) atoms. The molecule has 1 aromatic heterocycles. The number of hydrogen-bond donors (Lipinski definition) is 1. The van der Waals surface area contributed by atoms with Crippen molar-refractivity contribution < 1.29 is 13.7 Å². The van der Waals surface area contributed by atoms with Crippen LogP contribution in [0.1, 0.15) is 30.7 Å². The molecule has 2 N–H and O–H groups in total. The zero-order chi connectivity index (χ0) is 14.7. The number of benzene rings is 1. The number of ether oxygens (including phenoxy) is 1. The molecule has 0 saturated carbocycles. The van der Waals surface area contributed by atoms with Crippen LogP contribution in [0, 0.1) is 5.82 Å². The fourth-order valence-corrected chi connectivity index (χ4v) is 2.94. The predicted molar refractivity (Wildman–Crippen MR) is 76.2 cm³/mol. The van der Waals surface area contributed by atoms with E-state index in [1.807, 2.05) is 0 Å². The van der Waals surface area contributed by atoms with Crippen molar-refractivity contribution in [2.24, 2.45) is 5.73 Å². The Labute approximate surface area is 126 Å². The molecule has 0 amide bonds. The first-order chi connectivity index (χ1) is 10.2. The highest BCUT2D eigenvalue weighted by Crippen LogP contribution is 2.31. The molecule has 3 rings (SSSR count). The topological polar surface area (TPSA) is 74.2 Å². The largest absolute Gasteiger partial charge is 0.364 e. The molecule has 5 nitrogen and oxygen atoms in total. The maximum absolute atomic E-state index is 12.8. The molecule has 0 aliphatic carbocycles. The maximum atomic E-state index is 12.8. The van der Waals surface area contributed by atoms with E-state index in [9.17, 15) is 4.39 Å². The summed E-state index contributed by atoms with van der Waals surface area (Å²) in [6.45, 7) is 0.512. The van der Waals surface area contributed by atoms with Crippen LogP contribution in [-0.2, 0) is 10.5 Å². The van der Waals surface area contributed by atoms with Gasteiger partial charge < -0.3 is 15.0 Å². The third-order valence-electron chi connectivity index (χ3n) is 3.31. The van der Waals surface area contributed by atoms with Crippen LogP contribution in [0.5, 0.6) is 0 Å². The van der Waals surface area contributed by atoms with Gasteiger partial charge in [-0.2, -0.15) is 4.98 Å². The van der Waals surface area contributed by atoms with Crippen molar-refractivity contribution in [2.45, 2.75) is 35.7 Å². The van der Waals surface area contributed by atoms with Gasteiger partial charge in [-0.25, -0.2) is 4.39 Å². The zero-order valence-corrected chi connectivity index (χ0v) is 12.2. The Morgan fingerprint density at radius 2 is 2.10 bits per heavy atom. The van der Waals surface area contributed by atoms with Crippen molar-refractivity contribution in [1.29, 1.82) is 0 Å². The molecule has 0 radical (unpaired) electrons. The highest BCUT2D eigenvalue weighted by atomic mass is 32.2. The molecular weight excluding hydrogens is 293 g/mol. The van der Waals surface area contributed by atoms with Gasteiger partial charge in [0.25, 0.3) is 5.89 Å². The number of hydrogen-bond acceptors (Lipinski definition) is 6. The summed E-state index contributed by atoms with van der Waals surface area (Å²) in [5.74, 6) is 1.45. The van der Waals surface area contributed by atoms with E-state index >= 15 is 0 Å². The fraction of sp³-hybridized carbons (Fsp3) is 0.429. The molecule has 1 aliphatic rings. The van der Waals surface area contributed by atoms with E-state index in [0.717, 1.165) is 17.7 Å². The number of rotatable bonds is 5. The smallest absolute Gasteiger partial charge is 0.255 e. The minimum atomic E-state index is -0.242. The van der Waals surface area contributed by atoms with Crippen LogP contribution in [0.3, 0.4) is 0 Å². The predicted octanol–water partition coefficient (Wildman–Crippen LogP) is 2.68. The fourth-order valence-electron chi connectivity index (χ4n) is 2.20. The van der Waals surface area contributed by atoms with Crippen LogP contribution in [-0.4, -0.2) is 22.8 Å². The molecule has 1 aliphatic heterocycles. The van der Waals surface area contributed by atoms with Gasteiger partial charge in [-0.3, -0.25) is 0 Å². The highest BCUT2D eigenvalue weighted by molar-refractivity contribution is 7.98. The molecule has 112 valence electrons. The van der Waals surface area contributed by atoms with Crippen molar-refractivity contribution in [3.8, 4) is 0 Å². The van der Waals surface area contributed by atoms with E-state index in [2.05, 4.69) is 10.1 Å². The Kier molecular flexibility index (Phi) is 4.52. The van der Waals surface area contributed by atoms with Crippen molar-refractivity contribution in [1.82, 2.24) is 10.1 Å². The summed E-state index contributed by atoms with van der Waals surface area (Å²) >= 11 is 1.53. The average molecular weight is 309 g/mol. The van der Waals surface area contributed by atoms with E-state index in [4.69, 9.17) is 15.0 Å². The molecule has 7 heteroatoms. The van der Waals surface area contributed by atoms with E-state index < -0.39 is 0 Å². The van der Waals surface area contributed by atoms with E-state index in [-0.39, 0.29) is 18.0 Å². The van der Waals surface area contributed by atoms with E-state index in [1.165, 1.54) is 23.9 Å². The summed E-state index contributed by atoms with van der Waals surface area (Å²) in [6.07, 6.45) is 1.72. The molecule has 0 bridgehead atoms. The quantitative estimate of drug-likeness (QED) is 0.856. The second-order valence-corrected chi connectivity index (χ2v) is 5.90. The molecule has 1 fully saturated rings. The summed E-state index contributed by atoms with van der Waals surface area (Å²) in [4.78, 5) is 5.32. The molecule has 1 saturated heterocycles. The Balaban J connectivity index is 1.57. The molecule has 2 atom stereocenters. The summed E-state index contributed by atoms with van der Waals surface area (Å²) < 4.78 is 23.8. The van der Waals surface area contributed by atoms with E-state index in [1.54, 1.807) is 12.1 Å². The summed E-state index contributed by atoms with van der Waals surface area (Å²) in [6, 6.07) is 6.33. The first-order valence-corrected chi connectivity index (χ1v) is 7.79. The Bertz CT molecular complexity index is 590. The first kappa shape index (κ1) is 14.5. The van der Waals surface area contributed by atoms with Crippen LogP contribution in [0.4, 0.5) is 4.39 Å². The van der Waals surface area contributed by atoms with Gasteiger partial charge in [0.05, 0.1) is 11.9 Å². The van der Waals surface area contributed by atoms with Crippen molar-refractivity contribution in [3.63, 3.8) is 0 Å². The van der Waals surface area contributed by atoms with Gasteiger partial charge in [0, 0.05) is 11.4 Å². The lowest BCUT2D eigenvalue weighted by molar-refractivity contribution is 0.0307. The first-order valence-electron chi connectivity index (χ1n) is 6.81. The minimum Gasteiger partial charge on any atom is -0.364 e. The highest BCUT2D eigenvalue weighted by Gasteiger charge is 2.29. The third-order valence-corrected chi connectivity index (χ3v) is 4.32. The molecule has 2 aromatic rings. The number of nitrogens with zero attached hydrogens (tertiary/aromatic N) is 2. The monoisotopic (exact) mass is 309 g/mol. The zero-order valence-electron chi connectivity index (χ0n) is 11.4. The average Bonchev–Trinajstić information content (AvgIpc) is 3.15. The Morgan fingerprint density at radius 3 is 2.81 bits per heavy atom. The van der Waals surface area contributed by atoms with Crippen LogP contribution < -0.4 is 5.73 Å². The van der Waals surface area contributed by atoms with Gasteiger partial charge in [0.15, 0.2) is 5.82 Å². The SMILES string of the molecule is NCC1CCC(c2nc(CSc3ccc(F)cc3)no2)O1. The van der Waals surface area contributed by atoms with Gasteiger partial charge in [-0.1, -0.05) is 5.16 Å².